The molecule has 1 aliphatic carbocycles. The van der Waals surface area contributed by atoms with Crippen LogP contribution in [0.3, 0.4) is 0 Å². The summed E-state index contributed by atoms with van der Waals surface area (Å²) in [5.41, 5.74) is 1.47. The van der Waals surface area contributed by atoms with Gasteiger partial charge in [0.25, 0.3) is 0 Å². The molecule has 1 aromatic rings. The first-order valence-electron chi connectivity index (χ1n) is 5.15. The summed E-state index contributed by atoms with van der Waals surface area (Å²) in [6.45, 7) is 3.90. The second-order valence-electron chi connectivity index (χ2n) is 4.27. The molecule has 0 bridgehead atoms. The van der Waals surface area contributed by atoms with Crippen LogP contribution in [0.15, 0.2) is 18.2 Å². The number of hydrogen-bond acceptors (Lipinski definition) is 1. The molecule has 1 aliphatic rings. The molecule has 1 saturated carbocycles. The third kappa shape index (κ3) is 2.17. The van der Waals surface area contributed by atoms with Crippen molar-refractivity contribution in [3.8, 4) is 0 Å². The number of anilines is 1. The lowest BCUT2D eigenvalue weighted by Crippen LogP contribution is -2.15. The fraction of sp³-hybridized carbons (Fsp3) is 0.417. The first-order chi connectivity index (χ1) is 7.08. The largest absolute Gasteiger partial charge is 0.325 e. The van der Waals surface area contributed by atoms with Crippen LogP contribution >= 0.6 is 0 Å². The molecule has 0 saturated heterocycles. The van der Waals surface area contributed by atoms with Crippen LogP contribution in [0.1, 0.15) is 18.9 Å². The Balaban J connectivity index is 2.10. The molecule has 2 atom stereocenters. The maximum absolute atomic E-state index is 12.9. The molecule has 80 valence electrons. The Kier molecular flexibility index (Phi) is 2.47. The fourth-order valence-corrected chi connectivity index (χ4v) is 1.64. The summed E-state index contributed by atoms with van der Waals surface area (Å²) in [6, 6.07) is 4.42. The predicted octanol–water partition coefficient (Wildman–Crippen LogP) is 2.73. The highest BCUT2D eigenvalue weighted by molar-refractivity contribution is 5.95. The van der Waals surface area contributed by atoms with Crippen molar-refractivity contribution >= 4 is 11.6 Å². The lowest BCUT2D eigenvalue weighted by atomic mass is 10.2. The van der Waals surface area contributed by atoms with Gasteiger partial charge in [-0.25, -0.2) is 4.39 Å². The third-order valence-corrected chi connectivity index (χ3v) is 2.90. The molecule has 0 aromatic heterocycles. The van der Waals surface area contributed by atoms with E-state index in [0.717, 1.165) is 12.0 Å². The monoisotopic (exact) mass is 207 g/mol. The smallest absolute Gasteiger partial charge is 0.227 e. The van der Waals surface area contributed by atoms with E-state index in [1.54, 1.807) is 6.07 Å². The van der Waals surface area contributed by atoms with Gasteiger partial charge in [-0.1, -0.05) is 13.0 Å². The van der Waals surface area contributed by atoms with Gasteiger partial charge in [-0.2, -0.15) is 0 Å². The van der Waals surface area contributed by atoms with E-state index < -0.39 is 0 Å². The maximum atomic E-state index is 12.9. The highest BCUT2D eigenvalue weighted by Gasteiger charge is 2.39. The minimum Gasteiger partial charge on any atom is -0.325 e. The number of aryl methyl sites for hydroxylation is 1. The summed E-state index contributed by atoms with van der Waals surface area (Å²) in [5, 5.41) is 2.76. The number of amides is 1. The highest BCUT2D eigenvalue weighted by Crippen LogP contribution is 2.38. The molecule has 0 heterocycles. The minimum atomic E-state index is -0.320. The maximum Gasteiger partial charge on any atom is 0.227 e. The fourth-order valence-electron chi connectivity index (χ4n) is 1.64. The van der Waals surface area contributed by atoms with E-state index in [0.29, 0.717) is 11.6 Å². The van der Waals surface area contributed by atoms with E-state index in [4.69, 9.17) is 0 Å². The lowest BCUT2D eigenvalue weighted by Gasteiger charge is -2.07. The Labute approximate surface area is 88.5 Å². The summed E-state index contributed by atoms with van der Waals surface area (Å²) < 4.78 is 12.9. The molecule has 2 nitrogen and oxygen atoms in total. The van der Waals surface area contributed by atoms with Crippen LogP contribution in [0, 0.1) is 24.6 Å². The van der Waals surface area contributed by atoms with Crippen LogP contribution in [0.25, 0.3) is 0 Å². The number of halogens is 1. The van der Waals surface area contributed by atoms with Crippen LogP contribution in [-0.2, 0) is 4.79 Å². The van der Waals surface area contributed by atoms with Crippen LogP contribution in [0.5, 0.6) is 0 Å². The van der Waals surface area contributed by atoms with Gasteiger partial charge in [0.15, 0.2) is 0 Å². The molecule has 1 N–H and O–H groups in total. The summed E-state index contributed by atoms with van der Waals surface area (Å²) in [6.07, 6.45) is 0.945. The molecule has 2 rings (SSSR count). The Morgan fingerprint density at radius 1 is 1.53 bits per heavy atom. The number of carbonyl (C=O) groups excluding carboxylic acids is 1. The van der Waals surface area contributed by atoms with Gasteiger partial charge in [0.1, 0.15) is 5.82 Å². The standard InChI is InChI=1S/C12H14FNO/c1-7-3-4-9(13)6-11(7)14-12(15)10-5-8(10)2/h3-4,6,8,10H,5H2,1-2H3,(H,14,15). The first kappa shape index (κ1) is 10.1. The van der Waals surface area contributed by atoms with Crippen molar-refractivity contribution in [2.24, 2.45) is 11.8 Å². The summed E-state index contributed by atoms with van der Waals surface area (Å²) in [4.78, 5) is 11.6. The van der Waals surface area contributed by atoms with Crippen molar-refractivity contribution in [2.45, 2.75) is 20.3 Å². The molecule has 0 radical (unpaired) electrons. The number of nitrogens with one attached hydrogen (secondary N) is 1. The summed E-state index contributed by atoms with van der Waals surface area (Å²) in [5.74, 6) is 0.280. The Morgan fingerprint density at radius 3 is 2.80 bits per heavy atom. The minimum absolute atomic E-state index is 0.0104. The normalized spacial score (nSPS) is 23.7. The second kappa shape index (κ2) is 3.65. The zero-order chi connectivity index (χ0) is 11.0. The van der Waals surface area contributed by atoms with Gasteiger partial charge in [-0.05, 0) is 37.0 Å². The van der Waals surface area contributed by atoms with Gasteiger partial charge < -0.3 is 5.32 Å². The predicted molar refractivity (Wildman–Crippen MR) is 57.0 cm³/mol. The van der Waals surface area contributed by atoms with Gasteiger partial charge >= 0.3 is 0 Å². The zero-order valence-electron chi connectivity index (χ0n) is 8.88. The van der Waals surface area contributed by atoms with E-state index in [1.165, 1.54) is 12.1 Å². The van der Waals surface area contributed by atoms with Crippen molar-refractivity contribution in [1.29, 1.82) is 0 Å². The molecule has 0 spiro atoms. The highest BCUT2D eigenvalue weighted by atomic mass is 19.1. The molecular weight excluding hydrogens is 193 g/mol. The Morgan fingerprint density at radius 2 is 2.20 bits per heavy atom. The molecule has 2 unspecified atom stereocenters. The number of rotatable bonds is 2. The van der Waals surface area contributed by atoms with Crippen molar-refractivity contribution in [3.63, 3.8) is 0 Å². The quantitative estimate of drug-likeness (QED) is 0.793. The lowest BCUT2D eigenvalue weighted by molar-refractivity contribution is -0.117. The number of carbonyl (C=O) groups is 1. The van der Waals surface area contributed by atoms with E-state index in [1.807, 2.05) is 13.8 Å². The van der Waals surface area contributed by atoms with Crippen molar-refractivity contribution in [1.82, 2.24) is 0 Å². The Hall–Kier alpha value is -1.38. The summed E-state index contributed by atoms with van der Waals surface area (Å²) >= 11 is 0. The zero-order valence-corrected chi connectivity index (χ0v) is 8.88. The molecule has 1 fully saturated rings. The van der Waals surface area contributed by atoms with E-state index in [-0.39, 0.29) is 17.6 Å². The van der Waals surface area contributed by atoms with E-state index in [9.17, 15) is 9.18 Å². The van der Waals surface area contributed by atoms with Gasteiger partial charge in [-0.15, -0.1) is 0 Å². The molecule has 15 heavy (non-hydrogen) atoms. The molecular formula is C12H14FNO. The van der Waals surface area contributed by atoms with E-state index in [2.05, 4.69) is 5.32 Å². The van der Waals surface area contributed by atoms with Crippen LogP contribution in [0.4, 0.5) is 10.1 Å². The Bertz CT molecular complexity index is 403. The van der Waals surface area contributed by atoms with Gasteiger partial charge in [0.2, 0.25) is 5.91 Å². The SMILES string of the molecule is Cc1ccc(F)cc1NC(=O)C1CC1C. The summed E-state index contributed by atoms with van der Waals surface area (Å²) in [7, 11) is 0. The van der Waals surface area contributed by atoms with Gasteiger partial charge in [0.05, 0.1) is 0 Å². The third-order valence-electron chi connectivity index (χ3n) is 2.90. The molecule has 1 aromatic carbocycles. The first-order valence-corrected chi connectivity index (χ1v) is 5.15. The van der Waals surface area contributed by atoms with Crippen LogP contribution in [-0.4, -0.2) is 5.91 Å². The topological polar surface area (TPSA) is 29.1 Å². The number of hydrogen-bond donors (Lipinski definition) is 1. The van der Waals surface area contributed by atoms with Crippen LogP contribution in [0.2, 0.25) is 0 Å². The van der Waals surface area contributed by atoms with Crippen molar-refractivity contribution in [3.05, 3.63) is 29.6 Å². The number of benzene rings is 1. The molecule has 3 heteroatoms. The van der Waals surface area contributed by atoms with E-state index >= 15 is 0 Å². The van der Waals surface area contributed by atoms with Crippen molar-refractivity contribution < 1.29 is 9.18 Å². The molecule has 0 aliphatic heterocycles. The van der Waals surface area contributed by atoms with Crippen LogP contribution < -0.4 is 5.32 Å². The average molecular weight is 207 g/mol. The van der Waals surface area contributed by atoms with Crippen molar-refractivity contribution in [2.75, 3.05) is 5.32 Å². The van der Waals surface area contributed by atoms with Gasteiger partial charge in [0, 0.05) is 11.6 Å². The van der Waals surface area contributed by atoms with Gasteiger partial charge in [-0.3, -0.25) is 4.79 Å². The average Bonchev–Trinajstić information content (AvgIpc) is 2.89. The second-order valence-corrected chi connectivity index (χ2v) is 4.27. The molecule has 1 amide bonds.